The molecule has 3 unspecified atom stereocenters. The van der Waals surface area contributed by atoms with Gasteiger partial charge in [-0.3, -0.25) is 9.27 Å². The molecule has 4 rings (SSSR count). The molecule has 0 bridgehead atoms. The minimum absolute atomic E-state index is 0.0166. The zero-order valence-corrected chi connectivity index (χ0v) is 21.7. The van der Waals surface area contributed by atoms with Crippen molar-refractivity contribution in [2.75, 3.05) is 4.72 Å². The molecule has 0 aromatic heterocycles. The summed E-state index contributed by atoms with van der Waals surface area (Å²) in [6.45, 7) is 13.3. The number of nitrogens with one attached hydrogen (secondary N) is 1. The van der Waals surface area contributed by atoms with Crippen LogP contribution in [-0.4, -0.2) is 21.3 Å². The molecule has 2 fully saturated rings. The van der Waals surface area contributed by atoms with Gasteiger partial charge in [-0.15, -0.1) is 0 Å². The van der Waals surface area contributed by atoms with Gasteiger partial charge < -0.3 is 4.43 Å². The smallest absolute Gasteiger partial charge is 0.357 e. The topological polar surface area (TPSA) is 75.6 Å². The molecule has 5 nitrogen and oxygen atoms in total. The van der Waals surface area contributed by atoms with Gasteiger partial charge in [0.15, 0.2) is 0 Å². The first-order valence-corrected chi connectivity index (χ1v) is 16.2. The predicted molar refractivity (Wildman–Crippen MR) is 129 cm³/mol. The van der Waals surface area contributed by atoms with Gasteiger partial charge in [0.25, 0.3) is 8.32 Å². The number of benzene rings is 1. The molecule has 3 aliphatic carbocycles. The lowest BCUT2D eigenvalue weighted by Gasteiger charge is -2.49. The second kappa shape index (κ2) is 7.49. The monoisotopic (exact) mass is 465 g/mol. The highest BCUT2D eigenvalue weighted by Gasteiger charge is 2.50. The van der Waals surface area contributed by atoms with E-state index in [-0.39, 0.29) is 5.04 Å². The molecular formula is C24H39NO4SSi. The highest BCUT2D eigenvalue weighted by Crippen LogP contribution is 2.61. The molecule has 31 heavy (non-hydrogen) atoms. The van der Waals surface area contributed by atoms with E-state index < -0.39 is 18.6 Å². The summed E-state index contributed by atoms with van der Waals surface area (Å²) in [5, 5.41) is -0.0166. The highest BCUT2D eigenvalue weighted by molar-refractivity contribution is 7.87. The number of rotatable bonds is 4. The lowest BCUT2D eigenvalue weighted by atomic mass is 9.56. The highest BCUT2D eigenvalue weighted by atomic mass is 32.2. The summed E-state index contributed by atoms with van der Waals surface area (Å²) >= 11 is 0. The molecule has 2 saturated carbocycles. The first-order chi connectivity index (χ1) is 14.2. The van der Waals surface area contributed by atoms with E-state index in [9.17, 15) is 13.0 Å². The Bertz CT molecular complexity index is 969. The van der Waals surface area contributed by atoms with E-state index in [4.69, 9.17) is 4.43 Å². The third-order valence-corrected chi connectivity index (χ3v) is 13.8. The summed E-state index contributed by atoms with van der Waals surface area (Å²) in [5.41, 5.74) is 3.42. The van der Waals surface area contributed by atoms with Crippen LogP contribution in [0.2, 0.25) is 18.1 Å². The SMILES string of the molecule is CC(C)(C)[Si](C)(C)Oc1cc2c(cc1NS(=O)(=O)O)CCC1C2CC[C@]2(C)CCCC12. The number of anilines is 1. The molecule has 2 N–H and O–H groups in total. The number of hydrogen-bond donors (Lipinski definition) is 2. The van der Waals surface area contributed by atoms with Crippen molar-refractivity contribution in [3.63, 3.8) is 0 Å². The predicted octanol–water partition coefficient (Wildman–Crippen LogP) is 6.53. The van der Waals surface area contributed by atoms with E-state index in [0.717, 1.165) is 18.3 Å². The van der Waals surface area contributed by atoms with Gasteiger partial charge in [-0.2, -0.15) is 8.42 Å². The Labute approximate surface area is 189 Å². The van der Waals surface area contributed by atoms with E-state index >= 15 is 0 Å². The molecule has 0 spiro atoms. The molecule has 1 aromatic carbocycles. The fourth-order valence-corrected chi connectivity index (χ4v) is 7.79. The Kier molecular flexibility index (Phi) is 5.58. The Morgan fingerprint density at radius 3 is 2.52 bits per heavy atom. The zero-order chi connectivity index (χ0) is 22.8. The normalized spacial score (nSPS) is 30.9. The van der Waals surface area contributed by atoms with E-state index in [0.29, 0.717) is 22.8 Å². The second-order valence-corrected chi connectivity index (χ2v) is 17.9. The van der Waals surface area contributed by atoms with Crippen LogP contribution in [0.4, 0.5) is 5.69 Å². The van der Waals surface area contributed by atoms with Gasteiger partial charge in [-0.25, -0.2) is 0 Å². The van der Waals surface area contributed by atoms with Crippen molar-refractivity contribution >= 4 is 24.3 Å². The van der Waals surface area contributed by atoms with Crippen LogP contribution in [0.5, 0.6) is 5.75 Å². The maximum Gasteiger partial charge on any atom is 0.357 e. The number of hydrogen-bond acceptors (Lipinski definition) is 3. The first-order valence-electron chi connectivity index (χ1n) is 11.8. The molecule has 4 atom stereocenters. The lowest BCUT2D eigenvalue weighted by molar-refractivity contribution is 0.0598. The third-order valence-electron chi connectivity index (χ3n) is 9.02. The summed E-state index contributed by atoms with van der Waals surface area (Å²) in [7, 11) is -6.57. The Hall–Kier alpha value is -1.05. The number of fused-ring (bicyclic) bond motifs is 5. The molecule has 0 radical (unpaired) electrons. The van der Waals surface area contributed by atoms with Gasteiger partial charge in [-0.05, 0) is 103 Å². The summed E-state index contributed by atoms with van der Waals surface area (Å²) in [6.07, 6.45) is 8.69. The minimum Gasteiger partial charge on any atom is -0.542 e. The van der Waals surface area contributed by atoms with Gasteiger partial charge >= 0.3 is 10.3 Å². The maximum absolute atomic E-state index is 11.7. The molecular weight excluding hydrogens is 426 g/mol. The average molecular weight is 466 g/mol. The van der Waals surface area contributed by atoms with Crippen LogP contribution in [-0.2, 0) is 16.7 Å². The molecule has 0 heterocycles. The fraction of sp³-hybridized carbons (Fsp3) is 0.750. The van der Waals surface area contributed by atoms with Crippen LogP contribution < -0.4 is 9.15 Å². The van der Waals surface area contributed by atoms with Crippen molar-refractivity contribution in [3.05, 3.63) is 23.3 Å². The molecule has 1 aromatic rings. The Morgan fingerprint density at radius 1 is 1.16 bits per heavy atom. The summed E-state index contributed by atoms with van der Waals surface area (Å²) in [4.78, 5) is 0. The van der Waals surface area contributed by atoms with Crippen LogP contribution in [0, 0.1) is 17.3 Å². The molecule has 0 saturated heterocycles. The number of aryl methyl sites for hydroxylation is 1. The van der Waals surface area contributed by atoms with Crippen LogP contribution in [0.1, 0.15) is 83.3 Å². The summed E-state index contributed by atoms with van der Waals surface area (Å²) < 4.78 is 41.7. The Morgan fingerprint density at radius 2 is 1.87 bits per heavy atom. The molecule has 174 valence electrons. The summed E-state index contributed by atoms with van der Waals surface area (Å²) in [6, 6.07) is 4.03. The second-order valence-electron chi connectivity index (χ2n) is 12.0. The average Bonchev–Trinajstić information content (AvgIpc) is 3.01. The first kappa shape index (κ1) is 23.1. The maximum atomic E-state index is 11.7. The van der Waals surface area contributed by atoms with Crippen molar-refractivity contribution in [2.24, 2.45) is 17.3 Å². The van der Waals surface area contributed by atoms with Crippen molar-refractivity contribution in [1.29, 1.82) is 0 Å². The largest absolute Gasteiger partial charge is 0.542 e. The van der Waals surface area contributed by atoms with E-state index in [2.05, 4.69) is 51.6 Å². The van der Waals surface area contributed by atoms with E-state index in [1.54, 1.807) is 0 Å². The summed E-state index contributed by atoms with van der Waals surface area (Å²) in [5.74, 6) is 2.62. The van der Waals surface area contributed by atoms with Crippen LogP contribution in [0.25, 0.3) is 0 Å². The quantitative estimate of drug-likeness (QED) is 0.391. The zero-order valence-electron chi connectivity index (χ0n) is 19.9. The fourth-order valence-electron chi connectivity index (χ4n) is 6.32. The Balaban J connectivity index is 1.75. The van der Waals surface area contributed by atoms with Crippen LogP contribution in [0.15, 0.2) is 12.1 Å². The van der Waals surface area contributed by atoms with Crippen molar-refractivity contribution in [3.8, 4) is 5.75 Å². The van der Waals surface area contributed by atoms with Gasteiger partial charge in [0, 0.05) is 0 Å². The van der Waals surface area contributed by atoms with Gasteiger partial charge in [0.2, 0.25) is 0 Å². The van der Waals surface area contributed by atoms with Gasteiger partial charge in [-0.1, -0.05) is 34.1 Å². The molecule has 0 aliphatic heterocycles. The molecule has 7 heteroatoms. The minimum atomic E-state index is -4.38. The van der Waals surface area contributed by atoms with Gasteiger partial charge in [0.05, 0.1) is 5.69 Å². The van der Waals surface area contributed by atoms with Crippen LogP contribution in [0.3, 0.4) is 0 Å². The standard InChI is InChI=1S/C24H39NO4SSi/c1-23(2,3)31(5,6)29-22-15-19-16(14-21(22)25-30(26,27)28)9-10-18-17(19)11-13-24(4)12-7-8-20(18)24/h14-15,17-18,20,25H,7-13H2,1-6H3,(H,26,27,28)/t17?,18?,20?,24-/m0/s1. The van der Waals surface area contributed by atoms with E-state index in [1.165, 1.54) is 49.7 Å². The van der Waals surface area contributed by atoms with Gasteiger partial charge in [0.1, 0.15) is 5.75 Å². The lowest BCUT2D eigenvalue weighted by Crippen LogP contribution is -2.44. The van der Waals surface area contributed by atoms with Crippen molar-refractivity contribution in [2.45, 2.75) is 96.7 Å². The third kappa shape index (κ3) is 4.30. The van der Waals surface area contributed by atoms with Crippen molar-refractivity contribution in [1.82, 2.24) is 0 Å². The van der Waals surface area contributed by atoms with E-state index in [1.807, 2.05) is 6.07 Å². The molecule has 3 aliphatic rings. The van der Waals surface area contributed by atoms with Crippen LogP contribution >= 0.6 is 0 Å². The molecule has 0 amide bonds. The van der Waals surface area contributed by atoms with Crippen molar-refractivity contribution < 1.29 is 17.4 Å².